The van der Waals surface area contributed by atoms with E-state index in [2.05, 4.69) is 154 Å². The minimum atomic E-state index is -4.62. The van der Waals surface area contributed by atoms with E-state index in [1.807, 2.05) is 54.6 Å². The molecule has 70 heavy (non-hydrogen) atoms. The second-order valence-electron chi connectivity index (χ2n) is 18.7. The summed E-state index contributed by atoms with van der Waals surface area (Å²) in [5, 5.41) is 25.1. The Bertz CT molecular complexity index is 4050. The molecular weight excluding hydrogens is 870 g/mol. The largest absolute Gasteiger partial charge is 0.416 e. The average molecular weight is 915 g/mol. The quantitative estimate of drug-likeness (QED) is 0.167. The van der Waals surface area contributed by atoms with Crippen LogP contribution in [0.2, 0.25) is 0 Å². The van der Waals surface area contributed by atoms with Crippen LogP contribution in [0.15, 0.2) is 164 Å². The lowest BCUT2D eigenvalue weighted by atomic mass is 9.92. The van der Waals surface area contributed by atoms with Gasteiger partial charge in [-0.2, -0.15) is 23.7 Å². The number of fused-ring (bicyclic) bond motifs is 6. The molecule has 11 aromatic rings. The number of aromatic nitrogens is 2. The smallest absolute Gasteiger partial charge is 0.309 e. The molecular formula is C63H45F3N4. The van der Waals surface area contributed by atoms with Crippen molar-refractivity contribution in [3.05, 3.63) is 214 Å². The molecule has 0 spiro atoms. The minimum absolute atomic E-state index is 0.0860. The Kier molecular flexibility index (Phi) is 10.4. The van der Waals surface area contributed by atoms with Gasteiger partial charge in [-0.25, -0.2) is 0 Å². The number of alkyl halides is 3. The molecule has 0 atom stereocenters. The van der Waals surface area contributed by atoms with Crippen LogP contribution < -0.4 is 0 Å². The Labute approximate surface area is 404 Å². The highest BCUT2D eigenvalue weighted by Crippen LogP contribution is 2.45. The van der Waals surface area contributed by atoms with Crippen molar-refractivity contribution in [2.75, 3.05) is 0 Å². The fraction of sp³-hybridized carbons (Fsp3) is 0.111. The van der Waals surface area contributed by atoms with Crippen molar-refractivity contribution >= 4 is 43.6 Å². The molecule has 2 aromatic heterocycles. The summed E-state index contributed by atoms with van der Waals surface area (Å²) in [7, 11) is 0. The molecule has 0 aliphatic rings. The van der Waals surface area contributed by atoms with E-state index in [-0.39, 0.29) is 5.56 Å². The van der Waals surface area contributed by atoms with E-state index in [4.69, 9.17) is 0 Å². The lowest BCUT2D eigenvalue weighted by molar-refractivity contribution is -0.137. The number of halogens is 3. The molecule has 0 amide bonds. The van der Waals surface area contributed by atoms with Crippen LogP contribution in [0.25, 0.3) is 99.5 Å². The van der Waals surface area contributed by atoms with Crippen molar-refractivity contribution in [1.82, 2.24) is 9.13 Å². The van der Waals surface area contributed by atoms with E-state index in [0.29, 0.717) is 16.7 Å². The standard InChI is InChI=1S/C63H45F3N4/c1-36-25-38(3)61(39(4)26-36)44-17-23-58-53(31-44)49-11-7-9-13-55(49)69(58)57-22-15-42(34-67)29-52(57)51-20-16-43(48-21-19-47(63(64,65)66)30-46(48)35-68)33-60(51)70-56-14-10-8-12-50(56)54-32-45(18-24-59(54)70)62-40(5)27-37(2)28-41(62)6/h7-33H,1-6H3. The van der Waals surface area contributed by atoms with E-state index >= 15 is 0 Å². The third-order valence-corrected chi connectivity index (χ3v) is 14.0. The highest BCUT2D eigenvalue weighted by molar-refractivity contribution is 6.13. The van der Waals surface area contributed by atoms with Gasteiger partial charge in [0.25, 0.3) is 0 Å². The number of para-hydroxylation sites is 2. The van der Waals surface area contributed by atoms with E-state index in [9.17, 15) is 23.7 Å². The van der Waals surface area contributed by atoms with Gasteiger partial charge in [0.2, 0.25) is 0 Å². The molecule has 4 nitrogen and oxygen atoms in total. The number of hydrogen-bond donors (Lipinski definition) is 0. The molecule has 0 aliphatic carbocycles. The lowest BCUT2D eigenvalue weighted by Crippen LogP contribution is -2.05. The lowest BCUT2D eigenvalue weighted by Gasteiger charge is -2.20. The minimum Gasteiger partial charge on any atom is -0.309 e. The van der Waals surface area contributed by atoms with Crippen molar-refractivity contribution in [1.29, 1.82) is 10.5 Å². The number of nitriles is 2. The van der Waals surface area contributed by atoms with Crippen molar-refractivity contribution < 1.29 is 13.2 Å². The SMILES string of the molecule is Cc1cc(C)c(-c2ccc3c(c2)c2ccccc2n3-c2ccc(C#N)cc2-c2ccc(-c3ccc(C(F)(F)F)cc3C#N)cc2-n2c3ccccc3c3cc(-c4c(C)cc(C)cc4C)ccc32)c(C)c1. The highest BCUT2D eigenvalue weighted by Gasteiger charge is 2.31. The fourth-order valence-corrected chi connectivity index (χ4v) is 11.2. The Hall–Kier alpha value is -8.65. The molecule has 0 unspecified atom stereocenters. The molecule has 0 saturated carbocycles. The summed E-state index contributed by atoms with van der Waals surface area (Å²) in [4.78, 5) is 0. The maximum atomic E-state index is 14.0. The predicted octanol–water partition coefficient (Wildman–Crippen LogP) is 17.2. The Balaban J connectivity index is 1.22. The molecule has 9 aromatic carbocycles. The molecule has 0 fully saturated rings. The van der Waals surface area contributed by atoms with Gasteiger partial charge in [0.1, 0.15) is 0 Å². The summed E-state index contributed by atoms with van der Waals surface area (Å²) in [6.07, 6.45) is -4.62. The van der Waals surface area contributed by atoms with Gasteiger partial charge in [0.05, 0.1) is 62.3 Å². The van der Waals surface area contributed by atoms with Crippen molar-refractivity contribution in [2.45, 2.75) is 47.7 Å². The van der Waals surface area contributed by atoms with Gasteiger partial charge in [-0.3, -0.25) is 0 Å². The third-order valence-electron chi connectivity index (χ3n) is 14.0. The van der Waals surface area contributed by atoms with Gasteiger partial charge < -0.3 is 9.13 Å². The fourth-order valence-electron chi connectivity index (χ4n) is 11.2. The third kappa shape index (κ3) is 7.13. The molecule has 338 valence electrons. The highest BCUT2D eigenvalue weighted by atomic mass is 19.4. The summed E-state index contributed by atoms with van der Waals surface area (Å²) >= 11 is 0. The number of benzene rings is 9. The molecule has 0 saturated heterocycles. The number of nitrogens with zero attached hydrogens (tertiary/aromatic N) is 4. The summed E-state index contributed by atoms with van der Waals surface area (Å²) < 4.78 is 46.6. The van der Waals surface area contributed by atoms with E-state index in [0.717, 1.165) is 89.4 Å². The number of rotatable bonds is 6. The van der Waals surface area contributed by atoms with Gasteiger partial charge in [0.15, 0.2) is 0 Å². The molecule has 0 aliphatic heterocycles. The first-order valence-corrected chi connectivity index (χ1v) is 23.3. The van der Waals surface area contributed by atoms with Crippen LogP contribution in [0.5, 0.6) is 0 Å². The van der Waals surface area contributed by atoms with Crippen LogP contribution in [0.4, 0.5) is 13.2 Å². The number of hydrogen-bond acceptors (Lipinski definition) is 2. The van der Waals surface area contributed by atoms with Gasteiger partial charge in [-0.1, -0.05) is 102 Å². The summed E-state index contributed by atoms with van der Waals surface area (Å²) in [5.41, 5.74) is 19.2. The van der Waals surface area contributed by atoms with Gasteiger partial charge >= 0.3 is 6.18 Å². The summed E-state index contributed by atoms with van der Waals surface area (Å²) in [5.74, 6) is 0. The maximum Gasteiger partial charge on any atom is 0.416 e. The first-order chi connectivity index (χ1) is 33.7. The maximum absolute atomic E-state index is 14.0. The predicted molar refractivity (Wildman–Crippen MR) is 280 cm³/mol. The van der Waals surface area contributed by atoms with Crippen molar-refractivity contribution in [3.63, 3.8) is 0 Å². The number of aryl methyl sites for hydroxylation is 6. The zero-order chi connectivity index (χ0) is 48.7. The molecule has 0 bridgehead atoms. The van der Waals surface area contributed by atoms with Crippen LogP contribution in [0, 0.1) is 64.2 Å². The van der Waals surface area contributed by atoms with Gasteiger partial charge in [-0.05, 0) is 170 Å². The zero-order valence-corrected chi connectivity index (χ0v) is 39.5. The van der Waals surface area contributed by atoms with Crippen molar-refractivity contribution in [3.8, 4) is 68.0 Å². The van der Waals surface area contributed by atoms with E-state index < -0.39 is 11.7 Å². The zero-order valence-electron chi connectivity index (χ0n) is 39.5. The molecule has 2 heterocycles. The normalized spacial score (nSPS) is 11.8. The van der Waals surface area contributed by atoms with Crippen LogP contribution in [0.3, 0.4) is 0 Å². The van der Waals surface area contributed by atoms with Crippen LogP contribution in [-0.2, 0) is 6.18 Å². The second kappa shape index (κ2) is 16.5. The Morgan fingerprint density at radius 1 is 0.400 bits per heavy atom. The molecule has 0 N–H and O–H groups in total. The van der Waals surface area contributed by atoms with Crippen molar-refractivity contribution in [2.24, 2.45) is 0 Å². The molecule has 11 rings (SSSR count). The van der Waals surface area contributed by atoms with Gasteiger partial charge in [0, 0.05) is 32.7 Å². The first kappa shape index (κ1) is 43.9. The van der Waals surface area contributed by atoms with Crippen LogP contribution in [-0.4, -0.2) is 9.13 Å². The first-order valence-electron chi connectivity index (χ1n) is 23.3. The van der Waals surface area contributed by atoms with Crippen LogP contribution >= 0.6 is 0 Å². The topological polar surface area (TPSA) is 57.4 Å². The monoisotopic (exact) mass is 914 g/mol. The summed E-state index contributed by atoms with van der Waals surface area (Å²) in [6.45, 7) is 12.8. The van der Waals surface area contributed by atoms with E-state index in [1.165, 1.54) is 50.6 Å². The molecule has 7 heteroatoms. The Morgan fingerprint density at radius 2 is 0.886 bits per heavy atom. The Morgan fingerprint density at radius 3 is 1.40 bits per heavy atom. The summed E-state index contributed by atoms with van der Waals surface area (Å²) in [6, 6.07) is 58.1. The van der Waals surface area contributed by atoms with Gasteiger partial charge in [-0.15, -0.1) is 0 Å². The van der Waals surface area contributed by atoms with E-state index in [1.54, 1.807) is 0 Å². The molecule has 0 radical (unpaired) electrons. The second-order valence-corrected chi connectivity index (χ2v) is 18.7. The van der Waals surface area contributed by atoms with Crippen LogP contribution in [0.1, 0.15) is 50.1 Å². The average Bonchev–Trinajstić information content (AvgIpc) is 3.84.